The summed E-state index contributed by atoms with van der Waals surface area (Å²) in [5.74, 6) is 0.417. The van der Waals surface area contributed by atoms with Gasteiger partial charge in [-0.15, -0.1) is 0 Å². The number of benzene rings is 2. The summed E-state index contributed by atoms with van der Waals surface area (Å²) in [6.45, 7) is 4.52. The third-order valence-electron chi connectivity index (χ3n) is 3.78. The zero-order valence-corrected chi connectivity index (χ0v) is 12.5. The van der Waals surface area contributed by atoms with E-state index in [1.165, 1.54) is 5.56 Å². The van der Waals surface area contributed by atoms with E-state index in [1.54, 1.807) is 25.1 Å². The molecule has 0 bridgehead atoms. The van der Waals surface area contributed by atoms with Crippen LogP contribution in [0.5, 0.6) is 5.75 Å². The van der Waals surface area contributed by atoms with Crippen molar-refractivity contribution < 1.29 is 9.90 Å². The molecular formula is C18H21NO2. The first-order valence-corrected chi connectivity index (χ1v) is 7.21. The molecule has 0 aliphatic rings. The molecule has 0 fully saturated rings. The Morgan fingerprint density at radius 2 is 1.86 bits per heavy atom. The first-order valence-electron chi connectivity index (χ1n) is 7.21. The van der Waals surface area contributed by atoms with E-state index >= 15 is 0 Å². The molecule has 1 amide bonds. The summed E-state index contributed by atoms with van der Waals surface area (Å²) < 4.78 is 0. The summed E-state index contributed by atoms with van der Waals surface area (Å²) in [5.41, 5.74) is 2.42. The van der Waals surface area contributed by atoms with Crippen molar-refractivity contribution in [1.82, 2.24) is 5.32 Å². The Balaban J connectivity index is 1.89. The highest BCUT2D eigenvalue weighted by Crippen LogP contribution is 2.20. The van der Waals surface area contributed by atoms with Crippen LogP contribution in [0.1, 0.15) is 40.7 Å². The molecule has 110 valence electrons. The maximum atomic E-state index is 12.1. The molecule has 2 aromatic carbocycles. The molecule has 0 spiro atoms. The van der Waals surface area contributed by atoms with E-state index in [4.69, 9.17) is 0 Å². The van der Waals surface area contributed by atoms with Crippen LogP contribution in [0.15, 0.2) is 48.5 Å². The summed E-state index contributed by atoms with van der Waals surface area (Å²) in [5, 5.41) is 12.5. The van der Waals surface area contributed by atoms with Crippen LogP contribution in [0.25, 0.3) is 0 Å². The van der Waals surface area contributed by atoms with Crippen LogP contribution in [0, 0.1) is 6.92 Å². The second kappa shape index (κ2) is 6.93. The summed E-state index contributed by atoms with van der Waals surface area (Å²) in [6.07, 6.45) is 0.883. The topological polar surface area (TPSA) is 49.3 Å². The highest BCUT2D eigenvalue weighted by molar-refractivity contribution is 5.96. The fraction of sp³-hybridized carbons (Fsp3) is 0.278. The largest absolute Gasteiger partial charge is 0.508 e. The van der Waals surface area contributed by atoms with Crippen LogP contribution in [0.3, 0.4) is 0 Å². The fourth-order valence-electron chi connectivity index (χ4n) is 2.32. The Kier molecular flexibility index (Phi) is 4.99. The average molecular weight is 283 g/mol. The van der Waals surface area contributed by atoms with Gasteiger partial charge in [0.2, 0.25) is 0 Å². The van der Waals surface area contributed by atoms with Crippen LogP contribution >= 0.6 is 0 Å². The lowest BCUT2D eigenvalue weighted by atomic mass is 9.98. The van der Waals surface area contributed by atoms with Gasteiger partial charge in [0.1, 0.15) is 5.75 Å². The number of phenolic OH excluding ortho intramolecular Hbond substituents is 1. The monoisotopic (exact) mass is 283 g/mol. The van der Waals surface area contributed by atoms with E-state index in [0.29, 0.717) is 23.6 Å². The fourth-order valence-corrected chi connectivity index (χ4v) is 2.32. The lowest BCUT2D eigenvalue weighted by Crippen LogP contribution is -2.26. The van der Waals surface area contributed by atoms with Gasteiger partial charge < -0.3 is 10.4 Å². The molecule has 0 aromatic heterocycles. The van der Waals surface area contributed by atoms with E-state index < -0.39 is 0 Å². The number of hydrogen-bond acceptors (Lipinski definition) is 2. The van der Waals surface area contributed by atoms with Gasteiger partial charge in [0, 0.05) is 17.7 Å². The first kappa shape index (κ1) is 15.1. The van der Waals surface area contributed by atoms with Gasteiger partial charge in [0.05, 0.1) is 0 Å². The van der Waals surface area contributed by atoms with E-state index in [0.717, 1.165) is 6.42 Å². The van der Waals surface area contributed by atoms with Gasteiger partial charge in [-0.3, -0.25) is 4.79 Å². The second-order valence-corrected chi connectivity index (χ2v) is 5.31. The molecule has 0 saturated carbocycles. The van der Waals surface area contributed by atoms with Crippen LogP contribution in [0.2, 0.25) is 0 Å². The summed E-state index contributed by atoms with van der Waals surface area (Å²) in [4.78, 5) is 12.1. The van der Waals surface area contributed by atoms with Gasteiger partial charge in [0.25, 0.3) is 5.91 Å². The van der Waals surface area contributed by atoms with Gasteiger partial charge in [-0.05, 0) is 37.0 Å². The molecule has 3 nitrogen and oxygen atoms in total. The smallest absolute Gasteiger partial charge is 0.251 e. The molecule has 1 atom stereocenters. The molecule has 0 saturated heterocycles. The van der Waals surface area contributed by atoms with Crippen molar-refractivity contribution in [2.24, 2.45) is 0 Å². The molecule has 1 unspecified atom stereocenters. The number of carbonyl (C=O) groups excluding carboxylic acids is 1. The molecular weight excluding hydrogens is 262 g/mol. The number of amides is 1. The molecule has 0 aliphatic heterocycles. The minimum atomic E-state index is -0.135. The normalized spacial score (nSPS) is 11.9. The van der Waals surface area contributed by atoms with Gasteiger partial charge >= 0.3 is 0 Å². The highest BCUT2D eigenvalue weighted by atomic mass is 16.3. The summed E-state index contributed by atoms with van der Waals surface area (Å²) in [7, 11) is 0. The van der Waals surface area contributed by atoms with Gasteiger partial charge in [0.15, 0.2) is 0 Å². The Hall–Kier alpha value is -2.29. The lowest BCUT2D eigenvalue weighted by Gasteiger charge is -2.13. The van der Waals surface area contributed by atoms with Gasteiger partial charge in [-0.1, -0.05) is 43.3 Å². The maximum Gasteiger partial charge on any atom is 0.251 e. The quantitative estimate of drug-likeness (QED) is 0.880. The number of rotatable bonds is 5. The Bertz CT molecular complexity index is 608. The maximum absolute atomic E-state index is 12.1. The minimum absolute atomic E-state index is 0.135. The Labute approximate surface area is 125 Å². The molecule has 0 heterocycles. The zero-order chi connectivity index (χ0) is 15.2. The van der Waals surface area contributed by atoms with Crippen molar-refractivity contribution in [2.45, 2.75) is 26.2 Å². The first-order chi connectivity index (χ1) is 10.1. The van der Waals surface area contributed by atoms with Crippen molar-refractivity contribution in [1.29, 1.82) is 0 Å². The van der Waals surface area contributed by atoms with Crippen molar-refractivity contribution in [3.63, 3.8) is 0 Å². The van der Waals surface area contributed by atoms with E-state index in [-0.39, 0.29) is 11.7 Å². The van der Waals surface area contributed by atoms with Crippen LogP contribution in [-0.4, -0.2) is 17.6 Å². The third-order valence-corrected chi connectivity index (χ3v) is 3.78. The Morgan fingerprint density at radius 1 is 1.14 bits per heavy atom. The van der Waals surface area contributed by atoms with Crippen molar-refractivity contribution in [2.75, 3.05) is 6.54 Å². The predicted octanol–water partition coefficient (Wildman–Crippen LogP) is 3.62. The molecule has 21 heavy (non-hydrogen) atoms. The standard InChI is InChI=1S/C18H21NO2/c1-13(15-7-4-3-5-8-15)11-12-19-18(21)16-9-6-10-17(20)14(16)2/h3-10,13,20H,11-12H2,1-2H3,(H,19,21). The van der Waals surface area contributed by atoms with Gasteiger partial charge in [-0.2, -0.15) is 0 Å². The average Bonchev–Trinajstić information content (AvgIpc) is 2.50. The minimum Gasteiger partial charge on any atom is -0.508 e. The third kappa shape index (κ3) is 3.85. The lowest BCUT2D eigenvalue weighted by molar-refractivity contribution is 0.0951. The molecule has 2 N–H and O–H groups in total. The Morgan fingerprint density at radius 3 is 2.57 bits per heavy atom. The van der Waals surface area contributed by atoms with Crippen molar-refractivity contribution >= 4 is 5.91 Å². The van der Waals surface area contributed by atoms with E-state index in [9.17, 15) is 9.90 Å². The van der Waals surface area contributed by atoms with Crippen LogP contribution in [0.4, 0.5) is 0 Å². The number of phenols is 1. The van der Waals surface area contributed by atoms with E-state index in [1.807, 2.05) is 18.2 Å². The molecule has 3 heteroatoms. The summed E-state index contributed by atoms with van der Waals surface area (Å²) in [6, 6.07) is 15.3. The predicted molar refractivity (Wildman–Crippen MR) is 84.7 cm³/mol. The molecule has 0 aliphatic carbocycles. The SMILES string of the molecule is Cc1c(O)cccc1C(=O)NCCC(C)c1ccccc1. The number of nitrogens with one attached hydrogen (secondary N) is 1. The number of aromatic hydroxyl groups is 1. The zero-order valence-electron chi connectivity index (χ0n) is 12.5. The summed E-state index contributed by atoms with van der Waals surface area (Å²) >= 11 is 0. The molecule has 2 rings (SSSR count). The van der Waals surface area contributed by atoms with E-state index in [2.05, 4.69) is 24.4 Å². The van der Waals surface area contributed by atoms with Crippen molar-refractivity contribution in [3.05, 3.63) is 65.2 Å². The highest BCUT2D eigenvalue weighted by Gasteiger charge is 2.11. The van der Waals surface area contributed by atoms with Crippen LogP contribution < -0.4 is 5.32 Å². The molecule has 2 aromatic rings. The van der Waals surface area contributed by atoms with Crippen molar-refractivity contribution in [3.8, 4) is 5.75 Å². The molecule has 0 radical (unpaired) electrons. The van der Waals surface area contributed by atoms with Gasteiger partial charge in [-0.25, -0.2) is 0 Å². The van der Waals surface area contributed by atoms with Crippen LogP contribution in [-0.2, 0) is 0 Å². The number of hydrogen-bond donors (Lipinski definition) is 2. The second-order valence-electron chi connectivity index (χ2n) is 5.31. The number of carbonyl (C=O) groups is 1.